The van der Waals surface area contributed by atoms with Crippen LogP contribution < -0.4 is 0 Å². The van der Waals surface area contributed by atoms with Gasteiger partial charge in [0.05, 0.1) is 11.6 Å². The van der Waals surface area contributed by atoms with Gasteiger partial charge in [0.2, 0.25) is 0 Å². The quantitative estimate of drug-likeness (QED) is 0.600. The van der Waals surface area contributed by atoms with Gasteiger partial charge in [-0.3, -0.25) is 4.90 Å². The fourth-order valence-corrected chi connectivity index (χ4v) is 5.43. The minimum atomic E-state index is -0.183. The molecule has 1 aliphatic carbocycles. The van der Waals surface area contributed by atoms with Gasteiger partial charge in [-0.25, -0.2) is 9.07 Å². The van der Waals surface area contributed by atoms with Crippen LogP contribution in [0.4, 0.5) is 4.39 Å². The van der Waals surface area contributed by atoms with Gasteiger partial charge in [-0.15, -0.1) is 5.10 Å². The monoisotopic (exact) mass is 419 g/mol. The molecule has 0 spiro atoms. The Morgan fingerprint density at radius 1 is 1.00 bits per heavy atom. The van der Waals surface area contributed by atoms with Gasteiger partial charge in [0.15, 0.2) is 5.82 Å². The number of tetrazole rings is 1. The highest BCUT2D eigenvalue weighted by Crippen LogP contribution is 2.39. The van der Waals surface area contributed by atoms with Crippen LogP contribution in [0.3, 0.4) is 0 Å². The smallest absolute Gasteiger partial charge is 0.173 e. The SMILES string of the molecule is Cc1c(F)cccc1C(c1nnnn1C1(C)CCCCC1)N1CCc2ccccc2C1. The molecule has 5 nitrogen and oxygen atoms in total. The van der Waals surface area contributed by atoms with Gasteiger partial charge in [0.25, 0.3) is 0 Å². The molecule has 0 amide bonds. The van der Waals surface area contributed by atoms with E-state index in [9.17, 15) is 4.39 Å². The van der Waals surface area contributed by atoms with Crippen molar-refractivity contribution in [2.24, 2.45) is 0 Å². The average molecular weight is 420 g/mol. The molecule has 0 radical (unpaired) electrons. The van der Waals surface area contributed by atoms with Crippen LogP contribution in [-0.2, 0) is 18.5 Å². The lowest BCUT2D eigenvalue weighted by Gasteiger charge is -2.39. The summed E-state index contributed by atoms with van der Waals surface area (Å²) >= 11 is 0. The first-order valence-electron chi connectivity index (χ1n) is 11.4. The predicted octanol–water partition coefficient (Wildman–Crippen LogP) is 4.95. The van der Waals surface area contributed by atoms with Crippen molar-refractivity contribution in [1.29, 1.82) is 0 Å². The summed E-state index contributed by atoms with van der Waals surface area (Å²) in [6.07, 6.45) is 6.76. The highest BCUT2D eigenvalue weighted by molar-refractivity contribution is 5.36. The normalized spacial score (nSPS) is 19.7. The van der Waals surface area contributed by atoms with Gasteiger partial charge in [-0.2, -0.15) is 0 Å². The van der Waals surface area contributed by atoms with E-state index in [-0.39, 0.29) is 17.4 Å². The van der Waals surface area contributed by atoms with E-state index in [0.717, 1.165) is 43.7 Å². The highest BCUT2D eigenvalue weighted by atomic mass is 19.1. The van der Waals surface area contributed by atoms with E-state index in [4.69, 9.17) is 0 Å². The molecule has 1 unspecified atom stereocenters. The standard InChI is InChI=1S/C25H30FN5/c1-18-21(11-8-12-22(18)26)23(30-16-13-19-9-4-5-10-20(19)17-30)24-27-28-29-31(24)25(2)14-6-3-7-15-25/h4-5,8-12,23H,3,6-7,13-17H2,1-2H3. The van der Waals surface area contributed by atoms with Crippen molar-refractivity contribution >= 4 is 0 Å². The number of benzene rings is 2. The Morgan fingerprint density at radius 2 is 1.77 bits per heavy atom. The molecule has 31 heavy (non-hydrogen) atoms. The highest BCUT2D eigenvalue weighted by Gasteiger charge is 2.38. The van der Waals surface area contributed by atoms with Crippen LogP contribution >= 0.6 is 0 Å². The Hall–Kier alpha value is -2.60. The van der Waals surface area contributed by atoms with Gasteiger partial charge in [0, 0.05) is 13.1 Å². The van der Waals surface area contributed by atoms with E-state index in [2.05, 4.69) is 56.3 Å². The first kappa shape index (κ1) is 20.3. The van der Waals surface area contributed by atoms with E-state index >= 15 is 0 Å². The summed E-state index contributed by atoms with van der Waals surface area (Å²) in [5.74, 6) is 0.653. The van der Waals surface area contributed by atoms with E-state index < -0.39 is 0 Å². The lowest BCUT2D eigenvalue weighted by atomic mass is 9.83. The second-order valence-electron chi connectivity index (χ2n) is 9.35. The van der Waals surface area contributed by atoms with Crippen molar-refractivity contribution in [2.75, 3.05) is 6.54 Å². The van der Waals surface area contributed by atoms with Crippen LogP contribution in [-0.4, -0.2) is 31.7 Å². The van der Waals surface area contributed by atoms with Crippen molar-refractivity contribution < 1.29 is 4.39 Å². The molecule has 0 saturated heterocycles. The van der Waals surface area contributed by atoms with Crippen LogP contribution in [0, 0.1) is 12.7 Å². The van der Waals surface area contributed by atoms with E-state index in [1.54, 1.807) is 6.07 Å². The molecule has 162 valence electrons. The van der Waals surface area contributed by atoms with Crippen LogP contribution in [0.1, 0.15) is 73.1 Å². The maximum absolute atomic E-state index is 14.6. The van der Waals surface area contributed by atoms with Crippen molar-refractivity contribution in [1.82, 2.24) is 25.1 Å². The van der Waals surface area contributed by atoms with Gasteiger partial charge >= 0.3 is 0 Å². The van der Waals surface area contributed by atoms with Crippen LogP contribution in [0.2, 0.25) is 0 Å². The zero-order valence-corrected chi connectivity index (χ0v) is 18.4. The Kier molecular flexibility index (Phi) is 5.34. The maximum atomic E-state index is 14.6. The second-order valence-corrected chi connectivity index (χ2v) is 9.35. The summed E-state index contributed by atoms with van der Waals surface area (Å²) < 4.78 is 16.7. The van der Waals surface area contributed by atoms with E-state index in [1.807, 2.05) is 13.0 Å². The zero-order valence-electron chi connectivity index (χ0n) is 18.4. The minimum absolute atomic E-state index is 0.0930. The van der Waals surface area contributed by atoms with Crippen molar-refractivity contribution in [3.8, 4) is 0 Å². The third-order valence-corrected chi connectivity index (χ3v) is 7.31. The molecule has 2 aliphatic rings. The second kappa shape index (κ2) is 8.15. The third-order valence-electron chi connectivity index (χ3n) is 7.31. The number of halogens is 1. The van der Waals surface area contributed by atoms with E-state index in [0.29, 0.717) is 5.56 Å². The third kappa shape index (κ3) is 3.67. The van der Waals surface area contributed by atoms with Gasteiger partial charge < -0.3 is 0 Å². The fourth-order valence-electron chi connectivity index (χ4n) is 5.43. The minimum Gasteiger partial charge on any atom is -0.285 e. The van der Waals surface area contributed by atoms with Crippen molar-refractivity contribution in [3.05, 3.63) is 76.4 Å². The molecule has 1 atom stereocenters. The van der Waals surface area contributed by atoms with Crippen molar-refractivity contribution in [3.63, 3.8) is 0 Å². The fraction of sp³-hybridized carbons (Fsp3) is 0.480. The number of nitrogens with zero attached hydrogens (tertiary/aromatic N) is 5. The number of hydrogen-bond acceptors (Lipinski definition) is 4. The molecular formula is C25H30FN5. The Labute approximate surface area is 183 Å². The molecule has 1 fully saturated rings. The van der Waals surface area contributed by atoms with Gasteiger partial charge in [0.1, 0.15) is 5.82 Å². The molecule has 1 aliphatic heterocycles. The molecule has 2 aromatic carbocycles. The van der Waals surface area contributed by atoms with Crippen LogP contribution in [0.15, 0.2) is 42.5 Å². The first-order chi connectivity index (χ1) is 15.1. The summed E-state index contributed by atoms with van der Waals surface area (Å²) in [6, 6.07) is 13.8. The van der Waals surface area contributed by atoms with Crippen LogP contribution in [0.5, 0.6) is 0 Å². The van der Waals surface area contributed by atoms with Crippen LogP contribution in [0.25, 0.3) is 0 Å². The van der Waals surface area contributed by atoms with Crippen molar-refractivity contribution in [2.45, 2.75) is 70.5 Å². The Balaban J connectivity index is 1.61. The average Bonchev–Trinajstić information content (AvgIpc) is 3.28. The number of fused-ring (bicyclic) bond motifs is 1. The summed E-state index contributed by atoms with van der Waals surface area (Å²) in [5.41, 5.74) is 4.26. The molecule has 1 aromatic heterocycles. The lowest BCUT2D eigenvalue weighted by molar-refractivity contribution is 0.155. The Morgan fingerprint density at radius 3 is 2.58 bits per heavy atom. The van der Waals surface area contributed by atoms with Gasteiger partial charge in [-0.05, 0) is 71.9 Å². The lowest BCUT2D eigenvalue weighted by Crippen LogP contribution is -2.40. The molecular weight excluding hydrogens is 389 g/mol. The summed E-state index contributed by atoms with van der Waals surface area (Å²) in [5, 5.41) is 13.2. The molecule has 0 N–H and O–H groups in total. The summed E-state index contributed by atoms with van der Waals surface area (Å²) in [4.78, 5) is 2.42. The number of rotatable bonds is 4. The number of hydrogen-bond donors (Lipinski definition) is 0. The zero-order chi connectivity index (χ0) is 21.4. The van der Waals surface area contributed by atoms with E-state index in [1.165, 1.54) is 36.5 Å². The molecule has 5 rings (SSSR count). The largest absolute Gasteiger partial charge is 0.285 e. The summed E-state index contributed by atoms with van der Waals surface area (Å²) in [6.45, 7) is 5.83. The number of aromatic nitrogens is 4. The molecule has 3 aromatic rings. The summed E-state index contributed by atoms with van der Waals surface area (Å²) in [7, 11) is 0. The molecule has 6 heteroatoms. The molecule has 2 heterocycles. The molecule has 0 bridgehead atoms. The predicted molar refractivity (Wildman–Crippen MR) is 118 cm³/mol. The first-order valence-corrected chi connectivity index (χ1v) is 11.4. The Bertz CT molecular complexity index is 1070. The van der Waals surface area contributed by atoms with Gasteiger partial charge in [-0.1, -0.05) is 55.7 Å². The topological polar surface area (TPSA) is 46.8 Å². The maximum Gasteiger partial charge on any atom is 0.173 e. The molecule has 1 saturated carbocycles.